The molecule has 1 aromatic heterocycles. The van der Waals surface area contributed by atoms with Crippen LogP contribution in [0.5, 0.6) is 11.5 Å². The van der Waals surface area contributed by atoms with Gasteiger partial charge in [0.2, 0.25) is 0 Å². The molecule has 9 heteroatoms. The van der Waals surface area contributed by atoms with Crippen LogP contribution < -0.4 is 20.3 Å². The van der Waals surface area contributed by atoms with Gasteiger partial charge >= 0.3 is 0 Å². The van der Waals surface area contributed by atoms with E-state index in [0.29, 0.717) is 29.2 Å². The normalized spacial score (nSPS) is 12.7. The van der Waals surface area contributed by atoms with Gasteiger partial charge in [0, 0.05) is 16.8 Å². The molecule has 0 saturated carbocycles. The van der Waals surface area contributed by atoms with Gasteiger partial charge in [0.05, 0.1) is 18.9 Å². The fraction of sp³-hybridized carbons (Fsp3) is 0.320. The average molecular weight is 467 g/mol. The molecule has 178 valence electrons. The molecule has 2 aromatic carbocycles. The standard InChI is InChI=1S/C25H27FN4O4/c1-15(2)34-21-13-8-16(14-22(21)33-3)24(31)27-28-25(32)23-19-6-4-5-7-20(19)30(29-23)18-11-9-17(26)10-12-18/h8-15H,4-7H2,1-3H3,(H,27,31)(H,28,32). The fourth-order valence-corrected chi connectivity index (χ4v) is 3.98. The third kappa shape index (κ3) is 4.88. The van der Waals surface area contributed by atoms with Gasteiger partial charge < -0.3 is 9.47 Å². The summed E-state index contributed by atoms with van der Waals surface area (Å²) >= 11 is 0. The average Bonchev–Trinajstić information content (AvgIpc) is 3.22. The third-order valence-corrected chi connectivity index (χ3v) is 5.54. The van der Waals surface area contributed by atoms with Gasteiger partial charge in [0.1, 0.15) is 5.82 Å². The Morgan fingerprint density at radius 1 is 1.00 bits per heavy atom. The number of halogens is 1. The van der Waals surface area contributed by atoms with Crippen LogP contribution >= 0.6 is 0 Å². The van der Waals surface area contributed by atoms with Crippen molar-refractivity contribution in [2.24, 2.45) is 0 Å². The zero-order chi connectivity index (χ0) is 24.2. The van der Waals surface area contributed by atoms with Gasteiger partial charge in [-0.2, -0.15) is 5.10 Å². The van der Waals surface area contributed by atoms with Crippen LogP contribution in [-0.4, -0.2) is 34.8 Å². The lowest BCUT2D eigenvalue weighted by Gasteiger charge is -2.15. The maximum absolute atomic E-state index is 13.4. The SMILES string of the molecule is COc1cc(C(=O)NNC(=O)c2nn(-c3ccc(F)cc3)c3c2CCCC3)ccc1OC(C)C. The van der Waals surface area contributed by atoms with Gasteiger partial charge in [-0.25, -0.2) is 9.07 Å². The number of amides is 2. The molecule has 0 fully saturated rings. The topological polar surface area (TPSA) is 94.5 Å². The summed E-state index contributed by atoms with van der Waals surface area (Å²) in [5.41, 5.74) is 7.90. The highest BCUT2D eigenvalue weighted by molar-refractivity contribution is 5.99. The molecular weight excluding hydrogens is 439 g/mol. The number of nitrogens with zero attached hydrogens (tertiary/aromatic N) is 2. The van der Waals surface area contributed by atoms with Crippen molar-refractivity contribution in [2.45, 2.75) is 45.6 Å². The Morgan fingerprint density at radius 2 is 1.71 bits per heavy atom. The number of ether oxygens (including phenoxy) is 2. The first-order chi connectivity index (χ1) is 16.4. The summed E-state index contributed by atoms with van der Waals surface area (Å²) in [7, 11) is 1.49. The van der Waals surface area contributed by atoms with Crippen molar-refractivity contribution in [2.75, 3.05) is 7.11 Å². The van der Waals surface area contributed by atoms with Gasteiger partial charge in [0.25, 0.3) is 11.8 Å². The molecule has 0 unspecified atom stereocenters. The lowest BCUT2D eigenvalue weighted by molar-refractivity contribution is 0.0843. The molecule has 0 spiro atoms. The molecule has 4 rings (SSSR count). The number of rotatable bonds is 6. The van der Waals surface area contributed by atoms with E-state index in [1.54, 1.807) is 35.0 Å². The Morgan fingerprint density at radius 3 is 2.41 bits per heavy atom. The van der Waals surface area contributed by atoms with Crippen LogP contribution in [-0.2, 0) is 12.8 Å². The molecule has 34 heavy (non-hydrogen) atoms. The number of hydrogen-bond donors (Lipinski definition) is 2. The van der Waals surface area contributed by atoms with Crippen molar-refractivity contribution in [1.82, 2.24) is 20.6 Å². The summed E-state index contributed by atoms with van der Waals surface area (Å²) < 4.78 is 26.0. The first-order valence-electron chi connectivity index (χ1n) is 11.2. The first-order valence-corrected chi connectivity index (χ1v) is 11.2. The van der Waals surface area contributed by atoms with Gasteiger partial charge in [-0.15, -0.1) is 0 Å². The molecule has 1 aliphatic carbocycles. The van der Waals surface area contributed by atoms with Crippen molar-refractivity contribution < 1.29 is 23.5 Å². The van der Waals surface area contributed by atoms with Crippen LogP contribution in [0, 0.1) is 5.82 Å². The molecule has 0 aliphatic heterocycles. The summed E-state index contributed by atoms with van der Waals surface area (Å²) in [5, 5.41) is 4.50. The Bertz CT molecular complexity index is 1200. The van der Waals surface area contributed by atoms with Crippen LogP contribution in [0.3, 0.4) is 0 Å². The largest absolute Gasteiger partial charge is 0.493 e. The molecule has 0 saturated heterocycles. The smallest absolute Gasteiger partial charge is 0.290 e. The second kappa shape index (κ2) is 9.94. The molecule has 1 heterocycles. The summed E-state index contributed by atoms with van der Waals surface area (Å²) in [5.74, 6) is -0.421. The van der Waals surface area contributed by atoms with Gasteiger partial charge in [-0.3, -0.25) is 20.4 Å². The molecule has 0 radical (unpaired) electrons. The van der Waals surface area contributed by atoms with Crippen molar-refractivity contribution in [3.05, 3.63) is 70.8 Å². The summed E-state index contributed by atoms with van der Waals surface area (Å²) in [6.07, 6.45) is 3.36. The van der Waals surface area contributed by atoms with Gasteiger partial charge in [-0.1, -0.05) is 0 Å². The van der Waals surface area contributed by atoms with Crippen LogP contribution in [0.4, 0.5) is 4.39 Å². The van der Waals surface area contributed by atoms with E-state index in [1.807, 2.05) is 13.8 Å². The lowest BCUT2D eigenvalue weighted by Crippen LogP contribution is -2.42. The van der Waals surface area contributed by atoms with Crippen molar-refractivity contribution >= 4 is 11.8 Å². The monoisotopic (exact) mass is 466 g/mol. The highest BCUT2D eigenvalue weighted by Crippen LogP contribution is 2.29. The van der Waals surface area contributed by atoms with Crippen LogP contribution in [0.1, 0.15) is 58.8 Å². The Kier molecular flexibility index (Phi) is 6.81. The highest BCUT2D eigenvalue weighted by Gasteiger charge is 2.26. The van der Waals surface area contributed by atoms with Crippen molar-refractivity contribution in [3.63, 3.8) is 0 Å². The molecule has 1 aliphatic rings. The molecule has 0 bridgehead atoms. The van der Waals surface area contributed by atoms with Crippen molar-refractivity contribution in [1.29, 1.82) is 0 Å². The van der Waals surface area contributed by atoms with Gasteiger partial charge in [0.15, 0.2) is 17.2 Å². The number of carbonyl (C=O) groups excluding carboxylic acids is 2. The predicted molar refractivity (Wildman–Crippen MR) is 124 cm³/mol. The minimum absolute atomic E-state index is 0.0477. The number of aromatic nitrogens is 2. The molecule has 2 amide bonds. The lowest BCUT2D eigenvalue weighted by atomic mass is 9.95. The number of carbonyl (C=O) groups is 2. The van der Waals surface area contributed by atoms with E-state index in [-0.39, 0.29) is 17.6 Å². The number of methoxy groups -OCH3 is 1. The summed E-state index contributed by atoms with van der Waals surface area (Å²) in [4.78, 5) is 25.6. The van der Waals surface area contributed by atoms with E-state index in [1.165, 1.54) is 19.2 Å². The quantitative estimate of drug-likeness (QED) is 0.540. The van der Waals surface area contributed by atoms with E-state index in [2.05, 4.69) is 16.0 Å². The minimum Gasteiger partial charge on any atom is -0.493 e. The number of nitrogens with one attached hydrogen (secondary N) is 2. The number of benzene rings is 2. The van der Waals surface area contributed by atoms with Crippen LogP contribution in [0.2, 0.25) is 0 Å². The maximum atomic E-state index is 13.4. The Labute approximate surface area is 197 Å². The predicted octanol–water partition coefficient (Wildman–Crippen LogP) is 3.76. The highest BCUT2D eigenvalue weighted by atomic mass is 19.1. The van der Waals surface area contributed by atoms with Crippen LogP contribution in [0.25, 0.3) is 5.69 Å². The maximum Gasteiger partial charge on any atom is 0.290 e. The molecule has 8 nitrogen and oxygen atoms in total. The molecule has 0 atom stereocenters. The Balaban J connectivity index is 1.51. The molecular formula is C25H27FN4O4. The van der Waals surface area contributed by atoms with E-state index in [0.717, 1.165) is 30.5 Å². The van der Waals surface area contributed by atoms with Crippen molar-refractivity contribution in [3.8, 4) is 17.2 Å². The second-order valence-corrected chi connectivity index (χ2v) is 8.31. The summed E-state index contributed by atoms with van der Waals surface area (Å²) in [6.45, 7) is 3.79. The Hall–Kier alpha value is -3.88. The van der Waals surface area contributed by atoms with E-state index in [9.17, 15) is 14.0 Å². The zero-order valence-electron chi connectivity index (χ0n) is 19.4. The van der Waals surface area contributed by atoms with Crippen LogP contribution in [0.15, 0.2) is 42.5 Å². The van der Waals surface area contributed by atoms with Gasteiger partial charge in [-0.05, 0) is 82.0 Å². The fourth-order valence-electron chi connectivity index (χ4n) is 3.98. The van der Waals surface area contributed by atoms with E-state index >= 15 is 0 Å². The zero-order valence-corrected chi connectivity index (χ0v) is 19.4. The first kappa shape index (κ1) is 23.3. The third-order valence-electron chi connectivity index (χ3n) is 5.54. The second-order valence-electron chi connectivity index (χ2n) is 8.31. The number of fused-ring (bicyclic) bond motifs is 1. The minimum atomic E-state index is -0.515. The number of hydrazine groups is 1. The molecule has 3 aromatic rings. The summed E-state index contributed by atoms with van der Waals surface area (Å²) in [6, 6.07) is 10.8. The van der Waals surface area contributed by atoms with E-state index in [4.69, 9.17) is 9.47 Å². The number of hydrogen-bond acceptors (Lipinski definition) is 5. The molecule has 2 N–H and O–H groups in total. The van der Waals surface area contributed by atoms with E-state index < -0.39 is 11.8 Å².